The Labute approximate surface area is 105 Å². The molecule has 102 valence electrons. The predicted molar refractivity (Wildman–Crippen MR) is 69.6 cm³/mol. The van der Waals surface area contributed by atoms with Crippen LogP contribution in [0.5, 0.6) is 0 Å². The van der Waals surface area contributed by atoms with Crippen LogP contribution in [0.15, 0.2) is 0 Å². The Morgan fingerprint density at radius 2 is 2.29 bits per heavy atom. The van der Waals surface area contributed by atoms with E-state index in [0.29, 0.717) is 6.10 Å². The van der Waals surface area contributed by atoms with E-state index in [2.05, 4.69) is 12.3 Å². The van der Waals surface area contributed by atoms with Crippen LogP contribution < -0.4 is 11.3 Å². The molecule has 3 atom stereocenters. The highest BCUT2D eigenvalue weighted by Gasteiger charge is 2.20. The SMILES string of the molecule is CCCC(OC)C(CCCC1CCCO1)NN. The number of nitrogens with one attached hydrogen (secondary N) is 1. The molecular weight excluding hydrogens is 216 g/mol. The Morgan fingerprint density at radius 3 is 2.82 bits per heavy atom. The van der Waals surface area contributed by atoms with Crippen LogP contribution in [0, 0.1) is 0 Å². The quantitative estimate of drug-likeness (QED) is 0.481. The van der Waals surface area contributed by atoms with Crippen molar-refractivity contribution in [2.75, 3.05) is 13.7 Å². The Morgan fingerprint density at radius 1 is 1.47 bits per heavy atom. The van der Waals surface area contributed by atoms with Crippen molar-refractivity contribution in [3.63, 3.8) is 0 Å². The highest BCUT2D eigenvalue weighted by atomic mass is 16.5. The normalized spacial score (nSPS) is 23.8. The summed E-state index contributed by atoms with van der Waals surface area (Å²) in [6.45, 7) is 3.12. The predicted octanol–water partition coefficient (Wildman–Crippen LogP) is 1.98. The van der Waals surface area contributed by atoms with Gasteiger partial charge in [0.1, 0.15) is 0 Å². The molecule has 17 heavy (non-hydrogen) atoms. The van der Waals surface area contributed by atoms with Gasteiger partial charge in [0.05, 0.1) is 12.2 Å². The molecule has 0 aromatic heterocycles. The first-order chi connectivity index (χ1) is 8.31. The number of hydrazine groups is 1. The van der Waals surface area contributed by atoms with Crippen LogP contribution in [-0.4, -0.2) is 32.0 Å². The number of ether oxygens (including phenoxy) is 2. The molecular formula is C13H28N2O2. The number of hydrogen-bond donors (Lipinski definition) is 2. The fourth-order valence-corrected chi connectivity index (χ4v) is 2.58. The van der Waals surface area contributed by atoms with Crippen molar-refractivity contribution < 1.29 is 9.47 Å². The Balaban J connectivity index is 2.20. The van der Waals surface area contributed by atoms with Gasteiger partial charge in [-0.25, -0.2) is 0 Å². The molecule has 0 amide bonds. The summed E-state index contributed by atoms with van der Waals surface area (Å²) in [6.07, 6.45) is 8.73. The largest absolute Gasteiger partial charge is 0.380 e. The van der Waals surface area contributed by atoms with Gasteiger partial charge in [-0.1, -0.05) is 13.3 Å². The van der Waals surface area contributed by atoms with Gasteiger partial charge in [-0.3, -0.25) is 11.3 Å². The summed E-state index contributed by atoms with van der Waals surface area (Å²) in [4.78, 5) is 0. The molecule has 1 rings (SSSR count). The van der Waals surface area contributed by atoms with E-state index in [1.807, 2.05) is 0 Å². The molecule has 3 N–H and O–H groups in total. The van der Waals surface area contributed by atoms with E-state index in [4.69, 9.17) is 15.3 Å². The molecule has 0 aromatic carbocycles. The number of rotatable bonds is 9. The highest BCUT2D eigenvalue weighted by Crippen LogP contribution is 2.19. The molecule has 0 aliphatic carbocycles. The Hall–Kier alpha value is -0.160. The van der Waals surface area contributed by atoms with Crippen LogP contribution in [0.4, 0.5) is 0 Å². The van der Waals surface area contributed by atoms with Crippen LogP contribution >= 0.6 is 0 Å². The summed E-state index contributed by atoms with van der Waals surface area (Å²) in [6, 6.07) is 0.265. The first-order valence-electron chi connectivity index (χ1n) is 6.92. The molecule has 1 aliphatic heterocycles. The van der Waals surface area contributed by atoms with Crippen molar-refractivity contribution in [3.8, 4) is 0 Å². The van der Waals surface area contributed by atoms with Crippen molar-refractivity contribution in [1.82, 2.24) is 5.43 Å². The van der Waals surface area contributed by atoms with Crippen molar-refractivity contribution in [2.24, 2.45) is 5.84 Å². The van der Waals surface area contributed by atoms with Gasteiger partial charge < -0.3 is 9.47 Å². The Kier molecular flexibility index (Phi) is 7.77. The molecule has 0 bridgehead atoms. The van der Waals surface area contributed by atoms with E-state index in [1.165, 1.54) is 12.8 Å². The van der Waals surface area contributed by atoms with Crippen molar-refractivity contribution in [3.05, 3.63) is 0 Å². The maximum atomic E-state index is 5.62. The maximum Gasteiger partial charge on any atom is 0.0737 e. The Bertz CT molecular complexity index is 184. The van der Waals surface area contributed by atoms with E-state index < -0.39 is 0 Å². The van der Waals surface area contributed by atoms with E-state index in [0.717, 1.165) is 38.7 Å². The minimum atomic E-state index is 0.231. The van der Waals surface area contributed by atoms with Gasteiger partial charge >= 0.3 is 0 Å². The third-order valence-corrected chi connectivity index (χ3v) is 3.60. The molecule has 1 fully saturated rings. The summed E-state index contributed by atoms with van der Waals surface area (Å²) >= 11 is 0. The molecule has 1 aliphatic rings. The lowest BCUT2D eigenvalue weighted by Crippen LogP contribution is -2.44. The zero-order valence-corrected chi connectivity index (χ0v) is 11.3. The fourth-order valence-electron chi connectivity index (χ4n) is 2.58. The summed E-state index contributed by atoms with van der Waals surface area (Å²) in [5.74, 6) is 5.61. The molecule has 1 heterocycles. The maximum absolute atomic E-state index is 5.62. The van der Waals surface area contributed by atoms with Gasteiger partial charge in [0.2, 0.25) is 0 Å². The second kappa shape index (κ2) is 8.86. The zero-order valence-electron chi connectivity index (χ0n) is 11.3. The van der Waals surface area contributed by atoms with Gasteiger partial charge in [0, 0.05) is 19.8 Å². The summed E-state index contributed by atoms with van der Waals surface area (Å²) in [5, 5.41) is 0. The van der Waals surface area contributed by atoms with Crippen LogP contribution in [0.1, 0.15) is 51.9 Å². The van der Waals surface area contributed by atoms with E-state index >= 15 is 0 Å². The van der Waals surface area contributed by atoms with Crippen LogP contribution in [0.2, 0.25) is 0 Å². The summed E-state index contributed by atoms with van der Waals surface area (Å²) in [5.41, 5.74) is 2.90. The second-order valence-corrected chi connectivity index (χ2v) is 4.90. The molecule has 4 nitrogen and oxygen atoms in total. The molecule has 1 saturated heterocycles. The van der Waals surface area contributed by atoms with E-state index in [-0.39, 0.29) is 12.1 Å². The smallest absolute Gasteiger partial charge is 0.0737 e. The van der Waals surface area contributed by atoms with Crippen LogP contribution in [0.3, 0.4) is 0 Å². The van der Waals surface area contributed by atoms with Gasteiger partial charge in [0.25, 0.3) is 0 Å². The second-order valence-electron chi connectivity index (χ2n) is 4.90. The summed E-state index contributed by atoms with van der Waals surface area (Å²) in [7, 11) is 1.77. The van der Waals surface area contributed by atoms with Crippen molar-refractivity contribution in [1.29, 1.82) is 0 Å². The fraction of sp³-hybridized carbons (Fsp3) is 1.00. The lowest BCUT2D eigenvalue weighted by atomic mass is 9.99. The minimum Gasteiger partial charge on any atom is -0.380 e. The van der Waals surface area contributed by atoms with Gasteiger partial charge in [-0.15, -0.1) is 0 Å². The third-order valence-electron chi connectivity index (χ3n) is 3.60. The van der Waals surface area contributed by atoms with Crippen LogP contribution in [-0.2, 0) is 9.47 Å². The van der Waals surface area contributed by atoms with E-state index in [1.54, 1.807) is 7.11 Å². The van der Waals surface area contributed by atoms with Crippen molar-refractivity contribution in [2.45, 2.75) is 70.1 Å². The zero-order chi connectivity index (χ0) is 12.5. The monoisotopic (exact) mass is 244 g/mol. The topological polar surface area (TPSA) is 56.5 Å². The van der Waals surface area contributed by atoms with Crippen LogP contribution in [0.25, 0.3) is 0 Å². The molecule has 0 saturated carbocycles. The first-order valence-corrected chi connectivity index (χ1v) is 6.92. The third kappa shape index (κ3) is 5.34. The van der Waals surface area contributed by atoms with Crippen molar-refractivity contribution >= 4 is 0 Å². The number of hydrogen-bond acceptors (Lipinski definition) is 4. The lowest BCUT2D eigenvalue weighted by Gasteiger charge is -2.25. The molecule has 0 aromatic rings. The van der Waals surface area contributed by atoms with Gasteiger partial charge in [-0.2, -0.15) is 0 Å². The van der Waals surface area contributed by atoms with E-state index in [9.17, 15) is 0 Å². The lowest BCUT2D eigenvalue weighted by molar-refractivity contribution is 0.0538. The van der Waals surface area contributed by atoms with Gasteiger partial charge in [-0.05, 0) is 38.5 Å². The average molecular weight is 244 g/mol. The number of nitrogens with two attached hydrogens (primary N) is 1. The minimum absolute atomic E-state index is 0.231. The molecule has 0 spiro atoms. The number of methoxy groups -OCH3 is 1. The standard InChI is InChI=1S/C13H28N2O2/c1-3-6-13(16-2)12(15-14)9-4-7-11-8-5-10-17-11/h11-13,15H,3-10,14H2,1-2H3. The molecule has 0 radical (unpaired) electrons. The molecule has 4 heteroatoms. The average Bonchev–Trinajstić information content (AvgIpc) is 2.85. The molecule has 3 unspecified atom stereocenters. The summed E-state index contributed by atoms with van der Waals surface area (Å²) < 4.78 is 11.1. The highest BCUT2D eigenvalue weighted by molar-refractivity contribution is 4.76. The van der Waals surface area contributed by atoms with Gasteiger partial charge in [0.15, 0.2) is 0 Å². The first kappa shape index (κ1) is 14.9.